The Bertz CT molecular complexity index is 437. The Hall–Kier alpha value is -1.03. The summed E-state index contributed by atoms with van der Waals surface area (Å²) in [6.07, 6.45) is 0. The van der Waals surface area contributed by atoms with Crippen LogP contribution in [0.25, 0.3) is 0 Å². The van der Waals surface area contributed by atoms with E-state index in [1.807, 2.05) is 0 Å². The summed E-state index contributed by atoms with van der Waals surface area (Å²) in [4.78, 5) is 0. The van der Waals surface area contributed by atoms with Gasteiger partial charge in [-0.05, 0) is 22.0 Å². The van der Waals surface area contributed by atoms with Crippen LogP contribution in [0.5, 0.6) is 0 Å². The van der Waals surface area contributed by atoms with Gasteiger partial charge in [0.15, 0.2) is 17.4 Å². The van der Waals surface area contributed by atoms with Crippen molar-refractivity contribution in [1.82, 2.24) is 0 Å². The topological polar surface area (TPSA) is 0 Å². The van der Waals surface area contributed by atoms with E-state index in [1.54, 1.807) is 0 Å². The van der Waals surface area contributed by atoms with Crippen LogP contribution in [0.15, 0.2) is 60.7 Å². The molecule has 0 nitrogen and oxygen atoms in total. The fourth-order valence-electron chi connectivity index (χ4n) is 1.88. The average Bonchev–Trinajstić information content (AvgIpc) is 2.40. The molecule has 2 aromatic carbocycles. The lowest BCUT2D eigenvalue weighted by molar-refractivity contribution is 0.590. The van der Waals surface area contributed by atoms with Gasteiger partial charge in [0, 0.05) is 0 Å². The number of rotatable bonds is 0. The molecule has 0 saturated heterocycles. The first-order valence-electron chi connectivity index (χ1n) is 7.32. The molecule has 0 N–H and O–H groups in total. The minimum Gasteiger partial charge on any atom is -0.0622 e. The Morgan fingerprint density at radius 2 is 0.714 bits per heavy atom. The summed E-state index contributed by atoms with van der Waals surface area (Å²) in [5.74, 6) is 0. The van der Waals surface area contributed by atoms with Gasteiger partial charge < -0.3 is 0 Å². The van der Waals surface area contributed by atoms with E-state index in [-0.39, 0.29) is 17.4 Å². The molecule has 2 rings (SSSR count). The number of hydrogen-bond donors (Lipinski definition) is 0. The zero-order valence-corrected chi connectivity index (χ0v) is 13.8. The summed E-state index contributed by atoms with van der Waals surface area (Å²) in [5.41, 5.74) is 3.38. The molecule has 0 aliphatic heterocycles. The van der Waals surface area contributed by atoms with Crippen molar-refractivity contribution in [2.24, 2.45) is 0 Å². The minimum absolute atomic E-state index is 0. The van der Waals surface area contributed by atoms with E-state index in [1.165, 1.54) is 11.1 Å². The fraction of sp³-hybridized carbons (Fsp3) is 0.400. The molecule has 1 heteroatoms. The molecule has 21 heavy (non-hydrogen) atoms. The van der Waals surface area contributed by atoms with Crippen LogP contribution < -0.4 is 0 Å². The van der Waals surface area contributed by atoms with Crippen molar-refractivity contribution in [2.75, 3.05) is 0 Å². The monoisotopic (exact) mass is 298 g/mol. The van der Waals surface area contributed by atoms with E-state index in [4.69, 9.17) is 0 Å². The molecule has 0 unspecified atom stereocenters. The zero-order valence-electron chi connectivity index (χ0n) is 13.8. The predicted molar refractivity (Wildman–Crippen MR) is 100 cm³/mol. The first-order valence-corrected chi connectivity index (χ1v) is 7.32. The SMILES string of the molecule is CC(C)(C)c1ccccc1.CC(C)(C)c1ccccc1.[AlH3]. The Labute approximate surface area is 141 Å². The van der Waals surface area contributed by atoms with Gasteiger partial charge in [-0.1, -0.05) is 102 Å². The highest BCUT2D eigenvalue weighted by Crippen LogP contribution is 2.21. The lowest BCUT2D eigenvalue weighted by Gasteiger charge is -2.18. The molecule has 2 aromatic rings. The molecule has 0 saturated carbocycles. The van der Waals surface area contributed by atoms with E-state index in [9.17, 15) is 0 Å². The smallest absolute Gasteiger partial charge is 0.0622 e. The molecule has 0 aliphatic rings. The van der Waals surface area contributed by atoms with Crippen LogP contribution in [0.2, 0.25) is 0 Å². The van der Waals surface area contributed by atoms with Crippen LogP contribution >= 0.6 is 0 Å². The van der Waals surface area contributed by atoms with Crippen molar-refractivity contribution in [3.05, 3.63) is 71.8 Å². The molecule has 0 aliphatic carbocycles. The van der Waals surface area contributed by atoms with Crippen LogP contribution in [-0.4, -0.2) is 17.4 Å². The minimum atomic E-state index is 0. The van der Waals surface area contributed by atoms with Crippen LogP contribution in [0.3, 0.4) is 0 Å². The van der Waals surface area contributed by atoms with Crippen LogP contribution in [0.4, 0.5) is 0 Å². The molecule has 0 amide bonds. The van der Waals surface area contributed by atoms with Crippen molar-refractivity contribution in [2.45, 2.75) is 52.4 Å². The van der Waals surface area contributed by atoms with Crippen molar-refractivity contribution in [1.29, 1.82) is 0 Å². The lowest BCUT2D eigenvalue weighted by atomic mass is 9.87. The van der Waals surface area contributed by atoms with E-state index >= 15 is 0 Å². The molecule has 0 radical (unpaired) electrons. The first kappa shape index (κ1) is 20.0. The highest BCUT2D eigenvalue weighted by atomic mass is 27.0. The molecule has 0 aromatic heterocycles. The van der Waals surface area contributed by atoms with Gasteiger partial charge in [0.2, 0.25) is 0 Å². The van der Waals surface area contributed by atoms with Gasteiger partial charge in [0.05, 0.1) is 0 Å². The van der Waals surface area contributed by atoms with Crippen molar-refractivity contribution in [3.8, 4) is 0 Å². The van der Waals surface area contributed by atoms with Gasteiger partial charge >= 0.3 is 0 Å². The molecule has 114 valence electrons. The highest BCUT2D eigenvalue weighted by molar-refractivity contribution is 5.75. The Morgan fingerprint density at radius 3 is 0.857 bits per heavy atom. The third-order valence-electron chi connectivity index (χ3n) is 3.28. The van der Waals surface area contributed by atoms with E-state index < -0.39 is 0 Å². The highest BCUT2D eigenvalue weighted by Gasteiger charge is 2.11. The van der Waals surface area contributed by atoms with Crippen LogP contribution in [0.1, 0.15) is 52.7 Å². The Kier molecular flexibility index (Phi) is 8.01. The molecular weight excluding hydrogens is 267 g/mol. The largest absolute Gasteiger partial charge is 0.187 e. The molecular formula is C20H31Al. The standard InChI is InChI=1S/2C10H14.Al.3H/c2*1-10(2,3)9-7-5-4-6-8-9;;;;/h2*4-8H,1-3H3;;;;. The van der Waals surface area contributed by atoms with E-state index in [0.717, 1.165) is 0 Å². The Balaban J connectivity index is 0.000000364. The van der Waals surface area contributed by atoms with Crippen molar-refractivity contribution in [3.63, 3.8) is 0 Å². The van der Waals surface area contributed by atoms with Crippen LogP contribution in [-0.2, 0) is 10.8 Å². The summed E-state index contributed by atoms with van der Waals surface area (Å²) in [6, 6.07) is 21.1. The third-order valence-corrected chi connectivity index (χ3v) is 3.28. The zero-order chi connectivity index (χ0) is 15.2. The van der Waals surface area contributed by atoms with Gasteiger partial charge in [-0.25, -0.2) is 0 Å². The van der Waals surface area contributed by atoms with Gasteiger partial charge in [-0.3, -0.25) is 0 Å². The first-order chi connectivity index (χ1) is 9.21. The number of hydrogen-bond acceptors (Lipinski definition) is 0. The maximum absolute atomic E-state index is 2.22. The molecule has 0 heterocycles. The summed E-state index contributed by atoms with van der Waals surface area (Å²) < 4.78 is 0. The van der Waals surface area contributed by atoms with Crippen molar-refractivity contribution < 1.29 is 0 Å². The predicted octanol–water partition coefficient (Wildman–Crippen LogP) is 4.78. The summed E-state index contributed by atoms with van der Waals surface area (Å²) >= 11 is 0. The molecule has 0 atom stereocenters. The number of benzene rings is 2. The van der Waals surface area contributed by atoms with E-state index in [0.29, 0.717) is 10.8 Å². The second kappa shape index (κ2) is 8.42. The summed E-state index contributed by atoms with van der Waals surface area (Å²) in [5, 5.41) is 0. The molecule has 0 spiro atoms. The maximum atomic E-state index is 2.22. The second-order valence-electron chi connectivity index (χ2n) is 7.23. The van der Waals surface area contributed by atoms with Crippen LogP contribution in [0, 0.1) is 0 Å². The van der Waals surface area contributed by atoms with Gasteiger partial charge in [-0.15, -0.1) is 0 Å². The molecule has 0 fully saturated rings. The molecule has 0 bridgehead atoms. The van der Waals surface area contributed by atoms with Gasteiger partial charge in [0.1, 0.15) is 0 Å². The van der Waals surface area contributed by atoms with Gasteiger partial charge in [-0.2, -0.15) is 0 Å². The second-order valence-corrected chi connectivity index (χ2v) is 7.23. The quantitative estimate of drug-likeness (QED) is 0.614. The van der Waals surface area contributed by atoms with Gasteiger partial charge in [0.25, 0.3) is 0 Å². The summed E-state index contributed by atoms with van der Waals surface area (Å²) in [6.45, 7) is 13.3. The summed E-state index contributed by atoms with van der Waals surface area (Å²) in [7, 11) is 0. The van der Waals surface area contributed by atoms with Crippen molar-refractivity contribution >= 4 is 17.4 Å². The van der Waals surface area contributed by atoms with E-state index in [2.05, 4.69) is 102 Å². The average molecular weight is 298 g/mol. The lowest BCUT2D eigenvalue weighted by Crippen LogP contribution is -2.10. The normalized spacial score (nSPS) is 11.0. The third kappa shape index (κ3) is 7.51. The Morgan fingerprint density at radius 1 is 0.476 bits per heavy atom. The maximum Gasteiger partial charge on any atom is 0.187 e. The fourth-order valence-corrected chi connectivity index (χ4v) is 1.88.